The summed E-state index contributed by atoms with van der Waals surface area (Å²) in [6, 6.07) is 16.4. The maximum Gasteiger partial charge on any atom is 0.136 e. The highest BCUT2D eigenvalue weighted by molar-refractivity contribution is 6.35. The monoisotopic (exact) mass is 357 g/mol. The molecule has 0 aliphatic heterocycles. The molecule has 0 saturated carbocycles. The topological polar surface area (TPSA) is 36.9 Å². The van der Waals surface area contributed by atoms with E-state index in [0.717, 1.165) is 0 Å². The van der Waals surface area contributed by atoms with Crippen molar-refractivity contribution in [2.75, 3.05) is 0 Å². The molecular formula is C19H10Cl2FNO. The van der Waals surface area contributed by atoms with Crippen LogP contribution in [0.5, 0.6) is 0 Å². The molecule has 1 heterocycles. The van der Waals surface area contributed by atoms with Crippen molar-refractivity contribution >= 4 is 34.9 Å². The fraction of sp³-hybridized carbons (Fsp3) is 0. The normalized spacial score (nSPS) is 11.3. The molecule has 24 heavy (non-hydrogen) atoms. The van der Waals surface area contributed by atoms with Gasteiger partial charge < -0.3 is 4.42 Å². The van der Waals surface area contributed by atoms with Crippen molar-refractivity contribution in [3.63, 3.8) is 0 Å². The van der Waals surface area contributed by atoms with Gasteiger partial charge in [0.2, 0.25) is 0 Å². The standard InChI is InChI=1S/C19H10Cl2FNO/c20-14-4-6-18(21)17(10-14)19-7-5-16(24-19)9-13(11-23)12-2-1-3-15(22)8-12/h1-10H/b13-9-. The van der Waals surface area contributed by atoms with Crippen LogP contribution in [0.3, 0.4) is 0 Å². The van der Waals surface area contributed by atoms with Gasteiger partial charge in [0.15, 0.2) is 0 Å². The second-order valence-corrected chi connectivity index (χ2v) is 5.85. The Balaban J connectivity index is 1.98. The summed E-state index contributed by atoms with van der Waals surface area (Å²) in [7, 11) is 0. The van der Waals surface area contributed by atoms with Gasteiger partial charge in [0.25, 0.3) is 0 Å². The number of rotatable bonds is 3. The summed E-state index contributed by atoms with van der Waals surface area (Å²) in [6.45, 7) is 0. The van der Waals surface area contributed by atoms with Gasteiger partial charge in [-0.05, 0) is 54.1 Å². The third-order valence-corrected chi connectivity index (χ3v) is 3.93. The van der Waals surface area contributed by atoms with E-state index >= 15 is 0 Å². The fourth-order valence-electron chi connectivity index (χ4n) is 2.24. The second kappa shape index (κ2) is 6.92. The lowest BCUT2D eigenvalue weighted by Gasteiger charge is -2.01. The molecule has 5 heteroatoms. The van der Waals surface area contributed by atoms with Gasteiger partial charge in [-0.25, -0.2) is 4.39 Å². The van der Waals surface area contributed by atoms with Crippen LogP contribution < -0.4 is 0 Å². The molecule has 3 aromatic rings. The van der Waals surface area contributed by atoms with Gasteiger partial charge in [0.05, 0.1) is 16.7 Å². The lowest BCUT2D eigenvalue weighted by atomic mass is 10.1. The molecule has 0 amide bonds. The molecule has 0 aliphatic rings. The molecule has 0 aliphatic carbocycles. The van der Waals surface area contributed by atoms with Crippen molar-refractivity contribution in [1.29, 1.82) is 5.26 Å². The highest BCUT2D eigenvalue weighted by Crippen LogP contribution is 2.32. The van der Waals surface area contributed by atoms with E-state index < -0.39 is 5.82 Å². The molecule has 2 nitrogen and oxygen atoms in total. The van der Waals surface area contributed by atoms with E-state index in [4.69, 9.17) is 27.6 Å². The van der Waals surface area contributed by atoms with E-state index in [0.29, 0.717) is 38.3 Å². The number of hydrogen-bond donors (Lipinski definition) is 0. The van der Waals surface area contributed by atoms with Crippen molar-refractivity contribution in [3.8, 4) is 17.4 Å². The average Bonchev–Trinajstić information content (AvgIpc) is 3.03. The molecule has 1 aromatic heterocycles. The number of benzene rings is 2. The number of hydrogen-bond acceptors (Lipinski definition) is 2. The largest absolute Gasteiger partial charge is 0.457 e. The molecule has 0 N–H and O–H groups in total. The van der Waals surface area contributed by atoms with Crippen molar-refractivity contribution < 1.29 is 8.81 Å². The summed E-state index contributed by atoms with van der Waals surface area (Å²) >= 11 is 12.1. The first-order chi connectivity index (χ1) is 11.6. The minimum atomic E-state index is -0.403. The van der Waals surface area contributed by atoms with Gasteiger partial charge in [-0.2, -0.15) is 5.26 Å². The summed E-state index contributed by atoms with van der Waals surface area (Å²) in [4.78, 5) is 0. The van der Waals surface area contributed by atoms with E-state index in [9.17, 15) is 9.65 Å². The van der Waals surface area contributed by atoms with Crippen LogP contribution in [0.15, 0.2) is 59.0 Å². The molecule has 118 valence electrons. The smallest absolute Gasteiger partial charge is 0.136 e. The zero-order valence-corrected chi connectivity index (χ0v) is 13.8. The predicted octanol–water partition coefficient (Wildman–Crippen LogP) is 6.46. The van der Waals surface area contributed by atoms with E-state index in [-0.39, 0.29) is 0 Å². The number of allylic oxidation sites excluding steroid dienone is 1. The van der Waals surface area contributed by atoms with Gasteiger partial charge in [0.1, 0.15) is 17.3 Å². The molecule has 0 spiro atoms. The zero-order valence-electron chi connectivity index (χ0n) is 12.3. The van der Waals surface area contributed by atoms with Crippen LogP contribution in [-0.4, -0.2) is 0 Å². The Bertz CT molecular complexity index is 969. The average molecular weight is 358 g/mol. The van der Waals surface area contributed by atoms with Crippen molar-refractivity contribution in [2.24, 2.45) is 0 Å². The lowest BCUT2D eigenvalue weighted by molar-refractivity contribution is 0.572. The highest BCUT2D eigenvalue weighted by Gasteiger charge is 2.10. The Morgan fingerprint density at radius 1 is 1.08 bits per heavy atom. The summed E-state index contributed by atoms with van der Waals surface area (Å²) in [5, 5.41) is 10.4. The van der Waals surface area contributed by atoms with E-state index in [1.807, 2.05) is 0 Å². The van der Waals surface area contributed by atoms with Crippen molar-refractivity contribution in [2.45, 2.75) is 0 Å². The van der Waals surface area contributed by atoms with Crippen LogP contribution in [0.1, 0.15) is 11.3 Å². The van der Waals surface area contributed by atoms with E-state index in [2.05, 4.69) is 6.07 Å². The molecule has 0 atom stereocenters. The van der Waals surface area contributed by atoms with Gasteiger partial charge in [-0.15, -0.1) is 0 Å². The fourth-order valence-corrected chi connectivity index (χ4v) is 2.62. The Morgan fingerprint density at radius 2 is 1.92 bits per heavy atom. The number of nitriles is 1. The van der Waals surface area contributed by atoms with Gasteiger partial charge >= 0.3 is 0 Å². The maximum atomic E-state index is 13.3. The van der Waals surface area contributed by atoms with Crippen LogP contribution in [-0.2, 0) is 0 Å². The Morgan fingerprint density at radius 3 is 2.67 bits per heavy atom. The van der Waals surface area contributed by atoms with Gasteiger partial charge in [-0.1, -0.05) is 35.3 Å². The van der Waals surface area contributed by atoms with Crippen LogP contribution >= 0.6 is 23.2 Å². The minimum Gasteiger partial charge on any atom is -0.457 e. The lowest BCUT2D eigenvalue weighted by Crippen LogP contribution is -1.83. The maximum absolute atomic E-state index is 13.3. The number of nitrogens with zero attached hydrogens (tertiary/aromatic N) is 1. The molecule has 0 bridgehead atoms. The van der Waals surface area contributed by atoms with Crippen LogP contribution in [0.2, 0.25) is 10.0 Å². The number of furan rings is 1. The molecular weight excluding hydrogens is 348 g/mol. The van der Waals surface area contributed by atoms with Crippen LogP contribution in [0.4, 0.5) is 4.39 Å². The minimum absolute atomic E-state index is 0.299. The molecule has 0 fully saturated rings. The van der Waals surface area contributed by atoms with Crippen molar-refractivity contribution in [3.05, 3.63) is 81.8 Å². The Hall–Kier alpha value is -2.54. The van der Waals surface area contributed by atoms with Gasteiger partial charge in [0, 0.05) is 10.6 Å². The molecule has 0 unspecified atom stereocenters. The highest BCUT2D eigenvalue weighted by atomic mass is 35.5. The van der Waals surface area contributed by atoms with Crippen molar-refractivity contribution in [1.82, 2.24) is 0 Å². The van der Waals surface area contributed by atoms with Gasteiger partial charge in [-0.3, -0.25) is 0 Å². The van der Waals surface area contributed by atoms with E-state index in [1.54, 1.807) is 48.5 Å². The van der Waals surface area contributed by atoms with Crippen LogP contribution in [0.25, 0.3) is 23.0 Å². The predicted molar refractivity (Wildman–Crippen MR) is 94.0 cm³/mol. The first-order valence-electron chi connectivity index (χ1n) is 7.00. The third kappa shape index (κ3) is 3.51. The quantitative estimate of drug-likeness (QED) is 0.504. The summed E-state index contributed by atoms with van der Waals surface area (Å²) in [5.74, 6) is 0.589. The molecule has 0 radical (unpaired) electrons. The zero-order chi connectivity index (χ0) is 17.1. The number of halogens is 3. The molecule has 2 aromatic carbocycles. The Labute approximate surface area is 148 Å². The summed E-state index contributed by atoms with van der Waals surface area (Å²) < 4.78 is 19.0. The SMILES string of the molecule is N#C/C(=C/c1ccc(-c2cc(Cl)ccc2Cl)o1)c1cccc(F)c1. The summed E-state index contributed by atoms with van der Waals surface area (Å²) in [5.41, 5.74) is 1.44. The molecule has 0 saturated heterocycles. The molecule has 3 rings (SSSR count). The summed E-state index contributed by atoms with van der Waals surface area (Å²) in [6.07, 6.45) is 1.55. The van der Waals surface area contributed by atoms with E-state index in [1.165, 1.54) is 12.1 Å². The Kier molecular flexibility index (Phi) is 4.71. The first kappa shape index (κ1) is 16.3. The third-order valence-electron chi connectivity index (χ3n) is 3.36. The second-order valence-electron chi connectivity index (χ2n) is 5.01. The first-order valence-corrected chi connectivity index (χ1v) is 7.75. The van der Waals surface area contributed by atoms with Crippen LogP contribution in [0, 0.1) is 17.1 Å².